The second kappa shape index (κ2) is 4.76. The summed E-state index contributed by atoms with van der Waals surface area (Å²) in [7, 11) is 0. The van der Waals surface area contributed by atoms with Crippen molar-refractivity contribution in [2.75, 3.05) is 0 Å². The highest BCUT2D eigenvalue weighted by molar-refractivity contribution is 5.89. The summed E-state index contributed by atoms with van der Waals surface area (Å²) in [5.41, 5.74) is 1.82. The minimum Gasteiger partial charge on any atom is -0.474 e. The number of hydrogen-bond donors (Lipinski definition) is 0. The van der Waals surface area contributed by atoms with E-state index in [1.807, 2.05) is 44.2 Å². The molecule has 0 aliphatic heterocycles. The molecule has 0 atom stereocenters. The van der Waals surface area contributed by atoms with Gasteiger partial charge in [-0.15, -0.1) is 0 Å². The van der Waals surface area contributed by atoms with Gasteiger partial charge in [0.1, 0.15) is 0 Å². The molecular formula is C16H15NO2. The predicted molar refractivity (Wildman–Crippen MR) is 75.2 cm³/mol. The van der Waals surface area contributed by atoms with Crippen molar-refractivity contribution in [3.8, 4) is 17.1 Å². The van der Waals surface area contributed by atoms with Crippen molar-refractivity contribution in [2.45, 2.75) is 20.0 Å². The van der Waals surface area contributed by atoms with Crippen LogP contribution in [0.5, 0.6) is 5.88 Å². The molecule has 1 aromatic carbocycles. The molecule has 0 spiro atoms. The van der Waals surface area contributed by atoms with Crippen LogP contribution in [-0.2, 0) is 0 Å². The van der Waals surface area contributed by atoms with Gasteiger partial charge in [-0.1, -0.05) is 18.2 Å². The van der Waals surface area contributed by atoms with Gasteiger partial charge in [0.05, 0.1) is 24.3 Å². The van der Waals surface area contributed by atoms with Crippen LogP contribution in [0.4, 0.5) is 0 Å². The Hall–Kier alpha value is -2.29. The molecule has 0 bridgehead atoms. The van der Waals surface area contributed by atoms with Crippen molar-refractivity contribution < 1.29 is 9.15 Å². The SMILES string of the molecule is CC(C)Oc1nc(-c2ccoc2)cc2ccccc12. The van der Waals surface area contributed by atoms with Gasteiger partial charge in [0.2, 0.25) is 5.88 Å². The summed E-state index contributed by atoms with van der Waals surface area (Å²) in [6, 6.07) is 12.0. The number of hydrogen-bond acceptors (Lipinski definition) is 3. The van der Waals surface area contributed by atoms with Crippen LogP contribution in [0, 0.1) is 0 Å². The number of furan rings is 1. The molecule has 0 saturated carbocycles. The summed E-state index contributed by atoms with van der Waals surface area (Å²) in [4.78, 5) is 4.60. The Balaban J connectivity index is 2.20. The Morgan fingerprint density at radius 3 is 2.74 bits per heavy atom. The van der Waals surface area contributed by atoms with Crippen molar-refractivity contribution in [3.05, 3.63) is 48.9 Å². The fraction of sp³-hybridized carbons (Fsp3) is 0.188. The first-order valence-corrected chi connectivity index (χ1v) is 6.33. The van der Waals surface area contributed by atoms with Crippen LogP contribution in [0.3, 0.4) is 0 Å². The Morgan fingerprint density at radius 1 is 1.16 bits per heavy atom. The van der Waals surface area contributed by atoms with Crippen LogP contribution in [0.1, 0.15) is 13.8 Å². The molecule has 2 heterocycles. The third-order valence-electron chi connectivity index (χ3n) is 2.87. The van der Waals surface area contributed by atoms with E-state index < -0.39 is 0 Å². The Morgan fingerprint density at radius 2 is 2.00 bits per heavy atom. The number of ether oxygens (including phenoxy) is 1. The quantitative estimate of drug-likeness (QED) is 0.698. The lowest BCUT2D eigenvalue weighted by molar-refractivity contribution is 0.236. The van der Waals surface area contributed by atoms with Crippen LogP contribution in [0.25, 0.3) is 22.0 Å². The number of rotatable bonds is 3. The Labute approximate surface area is 111 Å². The van der Waals surface area contributed by atoms with E-state index in [1.54, 1.807) is 12.5 Å². The van der Waals surface area contributed by atoms with E-state index >= 15 is 0 Å². The molecule has 3 rings (SSSR count). The summed E-state index contributed by atoms with van der Waals surface area (Å²) in [5.74, 6) is 0.671. The van der Waals surface area contributed by atoms with Gasteiger partial charge in [-0.25, -0.2) is 4.98 Å². The summed E-state index contributed by atoms with van der Waals surface area (Å²) in [6.07, 6.45) is 3.43. The molecule has 3 nitrogen and oxygen atoms in total. The van der Waals surface area contributed by atoms with E-state index in [0.29, 0.717) is 5.88 Å². The van der Waals surface area contributed by atoms with Crippen molar-refractivity contribution in [1.82, 2.24) is 4.98 Å². The first-order chi connectivity index (χ1) is 9.24. The van der Waals surface area contributed by atoms with E-state index in [0.717, 1.165) is 22.0 Å². The molecule has 0 unspecified atom stereocenters. The molecule has 0 aliphatic rings. The van der Waals surface area contributed by atoms with Gasteiger partial charge >= 0.3 is 0 Å². The average molecular weight is 253 g/mol. The average Bonchev–Trinajstić information content (AvgIpc) is 2.92. The third kappa shape index (κ3) is 2.32. The number of nitrogens with zero attached hydrogens (tertiary/aromatic N) is 1. The van der Waals surface area contributed by atoms with E-state index in [2.05, 4.69) is 11.1 Å². The van der Waals surface area contributed by atoms with Crippen LogP contribution >= 0.6 is 0 Å². The van der Waals surface area contributed by atoms with Crippen LogP contribution < -0.4 is 4.74 Å². The smallest absolute Gasteiger partial charge is 0.222 e. The zero-order valence-corrected chi connectivity index (χ0v) is 11.0. The van der Waals surface area contributed by atoms with Crippen molar-refractivity contribution >= 4 is 10.8 Å². The van der Waals surface area contributed by atoms with Crippen LogP contribution in [0.2, 0.25) is 0 Å². The highest BCUT2D eigenvalue weighted by Gasteiger charge is 2.10. The number of benzene rings is 1. The normalized spacial score (nSPS) is 11.1. The van der Waals surface area contributed by atoms with Gasteiger partial charge < -0.3 is 9.15 Å². The van der Waals surface area contributed by atoms with Gasteiger partial charge in [-0.05, 0) is 37.4 Å². The fourth-order valence-electron chi connectivity index (χ4n) is 2.04. The van der Waals surface area contributed by atoms with E-state index in [-0.39, 0.29) is 6.10 Å². The van der Waals surface area contributed by atoms with Crippen LogP contribution in [0.15, 0.2) is 53.3 Å². The van der Waals surface area contributed by atoms with Gasteiger partial charge in [-0.2, -0.15) is 0 Å². The Bertz CT molecular complexity index is 687. The molecule has 0 radical (unpaired) electrons. The fourth-order valence-corrected chi connectivity index (χ4v) is 2.04. The molecule has 0 N–H and O–H groups in total. The van der Waals surface area contributed by atoms with Gasteiger partial charge in [0, 0.05) is 10.9 Å². The van der Waals surface area contributed by atoms with Crippen molar-refractivity contribution in [2.24, 2.45) is 0 Å². The maximum atomic E-state index is 5.82. The summed E-state index contributed by atoms with van der Waals surface area (Å²) in [5, 5.41) is 2.15. The summed E-state index contributed by atoms with van der Waals surface area (Å²) in [6.45, 7) is 4.00. The molecular weight excluding hydrogens is 238 g/mol. The monoisotopic (exact) mass is 253 g/mol. The topological polar surface area (TPSA) is 35.3 Å². The number of aromatic nitrogens is 1. The maximum Gasteiger partial charge on any atom is 0.222 e. The summed E-state index contributed by atoms with van der Waals surface area (Å²) >= 11 is 0. The zero-order chi connectivity index (χ0) is 13.2. The molecule has 19 heavy (non-hydrogen) atoms. The second-order valence-corrected chi connectivity index (χ2v) is 4.71. The standard InChI is InChI=1S/C16H15NO2/c1-11(2)19-16-14-6-4-3-5-12(14)9-15(17-16)13-7-8-18-10-13/h3-11H,1-2H3. The third-order valence-corrected chi connectivity index (χ3v) is 2.87. The molecule has 3 aromatic rings. The molecule has 3 heteroatoms. The first kappa shape index (κ1) is 11.8. The second-order valence-electron chi connectivity index (χ2n) is 4.71. The van der Waals surface area contributed by atoms with Gasteiger partial charge in [-0.3, -0.25) is 0 Å². The zero-order valence-electron chi connectivity index (χ0n) is 11.0. The molecule has 0 saturated heterocycles. The molecule has 2 aromatic heterocycles. The Kier molecular flexibility index (Phi) is 2.95. The minimum absolute atomic E-state index is 0.0931. The number of pyridine rings is 1. The van der Waals surface area contributed by atoms with Crippen molar-refractivity contribution in [3.63, 3.8) is 0 Å². The lowest BCUT2D eigenvalue weighted by atomic mass is 10.1. The van der Waals surface area contributed by atoms with Gasteiger partial charge in [0.15, 0.2) is 0 Å². The predicted octanol–water partition coefficient (Wildman–Crippen LogP) is 4.28. The first-order valence-electron chi connectivity index (χ1n) is 6.33. The van der Waals surface area contributed by atoms with Gasteiger partial charge in [0.25, 0.3) is 0 Å². The lowest BCUT2D eigenvalue weighted by Gasteiger charge is -2.12. The van der Waals surface area contributed by atoms with Crippen LogP contribution in [-0.4, -0.2) is 11.1 Å². The maximum absolute atomic E-state index is 5.82. The van der Waals surface area contributed by atoms with E-state index in [1.165, 1.54) is 0 Å². The lowest BCUT2D eigenvalue weighted by Crippen LogP contribution is -2.07. The molecule has 0 aliphatic carbocycles. The minimum atomic E-state index is 0.0931. The molecule has 96 valence electrons. The van der Waals surface area contributed by atoms with E-state index in [4.69, 9.17) is 9.15 Å². The highest BCUT2D eigenvalue weighted by Crippen LogP contribution is 2.29. The number of fused-ring (bicyclic) bond motifs is 1. The summed E-state index contributed by atoms with van der Waals surface area (Å²) < 4.78 is 10.9. The van der Waals surface area contributed by atoms with E-state index in [9.17, 15) is 0 Å². The molecule has 0 fully saturated rings. The van der Waals surface area contributed by atoms with Crippen molar-refractivity contribution in [1.29, 1.82) is 0 Å². The largest absolute Gasteiger partial charge is 0.474 e. The molecule has 0 amide bonds. The highest BCUT2D eigenvalue weighted by atomic mass is 16.5.